The number of aromatic nitrogens is 1. The lowest BCUT2D eigenvalue weighted by Gasteiger charge is -2.09. The van der Waals surface area contributed by atoms with Gasteiger partial charge in [0.2, 0.25) is 0 Å². The fourth-order valence-electron chi connectivity index (χ4n) is 2.95. The molecular formula is C21H16N4O2S. The molecule has 7 heteroatoms. The molecule has 0 aliphatic rings. The summed E-state index contributed by atoms with van der Waals surface area (Å²) in [7, 11) is 0. The van der Waals surface area contributed by atoms with Gasteiger partial charge in [-0.3, -0.25) is 9.59 Å². The third-order valence-electron chi connectivity index (χ3n) is 4.30. The van der Waals surface area contributed by atoms with Crippen molar-refractivity contribution in [3.05, 3.63) is 77.3 Å². The van der Waals surface area contributed by atoms with E-state index >= 15 is 0 Å². The van der Waals surface area contributed by atoms with Gasteiger partial charge in [-0.1, -0.05) is 30.3 Å². The van der Waals surface area contributed by atoms with Crippen LogP contribution in [0.4, 0.5) is 11.5 Å². The number of hydrogen-bond acceptors (Lipinski definition) is 5. The Morgan fingerprint density at radius 2 is 1.79 bits per heavy atom. The van der Waals surface area contributed by atoms with E-state index in [-0.39, 0.29) is 5.91 Å². The molecule has 0 saturated heterocycles. The minimum absolute atomic E-state index is 0.190. The van der Waals surface area contributed by atoms with E-state index in [2.05, 4.69) is 10.3 Å². The van der Waals surface area contributed by atoms with Crippen LogP contribution in [0.1, 0.15) is 20.0 Å². The van der Waals surface area contributed by atoms with E-state index in [1.165, 1.54) is 11.3 Å². The zero-order valence-corrected chi connectivity index (χ0v) is 15.5. The summed E-state index contributed by atoms with van der Waals surface area (Å²) < 4.78 is 0.713. The third-order valence-corrected chi connectivity index (χ3v) is 5.47. The Morgan fingerprint density at radius 1 is 1.00 bits per heavy atom. The number of nitrogens with two attached hydrogens (primary N) is 2. The zero-order chi connectivity index (χ0) is 19.7. The highest BCUT2D eigenvalue weighted by molar-refractivity contribution is 7.21. The number of nitrogens with zero attached hydrogens (tertiary/aromatic N) is 1. The van der Waals surface area contributed by atoms with Crippen molar-refractivity contribution in [3.8, 4) is 11.1 Å². The van der Waals surface area contributed by atoms with Crippen molar-refractivity contribution in [2.75, 3.05) is 11.1 Å². The highest BCUT2D eigenvalue weighted by atomic mass is 32.1. The second kappa shape index (κ2) is 7.13. The van der Waals surface area contributed by atoms with Crippen LogP contribution < -0.4 is 16.8 Å². The van der Waals surface area contributed by atoms with Crippen molar-refractivity contribution in [2.24, 2.45) is 5.73 Å². The Hall–Kier alpha value is -3.71. The lowest BCUT2D eigenvalue weighted by atomic mass is 10.0. The highest BCUT2D eigenvalue weighted by Crippen LogP contribution is 2.37. The van der Waals surface area contributed by atoms with E-state index in [4.69, 9.17) is 11.5 Å². The summed E-state index contributed by atoms with van der Waals surface area (Å²) in [6.45, 7) is 0. The molecule has 0 fully saturated rings. The lowest BCUT2D eigenvalue weighted by Crippen LogP contribution is -2.11. The third kappa shape index (κ3) is 3.30. The van der Waals surface area contributed by atoms with Gasteiger partial charge in [0.25, 0.3) is 11.8 Å². The van der Waals surface area contributed by atoms with Crippen LogP contribution in [0.5, 0.6) is 0 Å². The molecule has 4 aromatic rings. The smallest absolute Gasteiger partial charge is 0.258 e. The van der Waals surface area contributed by atoms with Crippen molar-refractivity contribution < 1.29 is 9.59 Å². The van der Waals surface area contributed by atoms with Crippen molar-refractivity contribution in [1.82, 2.24) is 4.98 Å². The summed E-state index contributed by atoms with van der Waals surface area (Å²) in [5.74, 6) is -0.343. The van der Waals surface area contributed by atoms with Crippen molar-refractivity contribution >= 4 is 44.7 Å². The molecule has 0 bridgehead atoms. The molecule has 2 aromatic heterocycles. The number of amides is 2. The number of thiophene rings is 1. The Balaban J connectivity index is 1.73. The molecule has 0 aliphatic carbocycles. The van der Waals surface area contributed by atoms with Gasteiger partial charge in [-0.15, -0.1) is 11.3 Å². The molecule has 138 valence electrons. The lowest BCUT2D eigenvalue weighted by molar-refractivity contribution is 0.100. The second-order valence-electron chi connectivity index (χ2n) is 6.18. The molecule has 6 nitrogen and oxygen atoms in total. The Morgan fingerprint density at radius 3 is 2.54 bits per heavy atom. The fraction of sp³-hybridized carbons (Fsp3) is 0. The number of pyridine rings is 1. The highest BCUT2D eigenvalue weighted by Gasteiger charge is 2.15. The summed E-state index contributed by atoms with van der Waals surface area (Å²) in [5, 5.41) is 3.70. The minimum Gasteiger partial charge on any atom is -0.383 e. The minimum atomic E-state index is -0.504. The van der Waals surface area contributed by atoms with Crippen LogP contribution in [-0.2, 0) is 0 Å². The van der Waals surface area contributed by atoms with Gasteiger partial charge in [0.1, 0.15) is 5.82 Å². The SMILES string of the molecule is NC(=O)c1cc2c(-c3cccc(NC(=O)c4ccccc4)c3)cnc(N)c2s1. The molecule has 5 N–H and O–H groups in total. The van der Waals surface area contributed by atoms with E-state index in [0.717, 1.165) is 16.5 Å². The maximum absolute atomic E-state index is 12.4. The van der Waals surface area contributed by atoms with E-state index < -0.39 is 5.91 Å². The number of carbonyl (C=O) groups is 2. The van der Waals surface area contributed by atoms with Crippen molar-refractivity contribution in [3.63, 3.8) is 0 Å². The Labute approximate surface area is 164 Å². The fourth-order valence-corrected chi connectivity index (χ4v) is 3.89. The average Bonchev–Trinajstić information content (AvgIpc) is 3.16. The van der Waals surface area contributed by atoms with Gasteiger partial charge in [-0.25, -0.2) is 4.98 Å². The molecule has 0 unspecified atom stereocenters. The van der Waals surface area contributed by atoms with Crippen molar-refractivity contribution in [1.29, 1.82) is 0 Å². The first-order valence-electron chi connectivity index (χ1n) is 8.47. The average molecular weight is 388 g/mol. The number of benzene rings is 2. The van der Waals surface area contributed by atoms with E-state index in [9.17, 15) is 9.59 Å². The summed E-state index contributed by atoms with van der Waals surface area (Å²) in [5.41, 5.74) is 14.3. The number of anilines is 2. The van der Waals surface area contributed by atoms with Gasteiger partial charge in [0, 0.05) is 28.4 Å². The second-order valence-corrected chi connectivity index (χ2v) is 7.23. The predicted octanol–water partition coefficient (Wildman–Crippen LogP) is 3.90. The van der Waals surface area contributed by atoms with Gasteiger partial charge in [0.15, 0.2) is 0 Å². The summed E-state index contributed by atoms with van der Waals surface area (Å²) in [4.78, 5) is 28.6. The standard InChI is InChI=1S/C21H16N4O2S/c22-19-18-15(10-17(28-18)20(23)26)16(11-24-19)13-7-4-8-14(9-13)25-21(27)12-5-2-1-3-6-12/h1-11H,(H2,22,24)(H2,23,26)(H,25,27). The number of rotatable bonds is 4. The van der Waals surface area contributed by atoms with E-state index in [1.807, 2.05) is 42.5 Å². The number of primary amides is 1. The number of nitrogen functional groups attached to an aromatic ring is 1. The van der Waals surface area contributed by atoms with Crippen LogP contribution in [0.15, 0.2) is 66.9 Å². The Kier molecular flexibility index (Phi) is 4.50. The number of hydrogen-bond donors (Lipinski definition) is 3. The van der Waals surface area contributed by atoms with Crippen LogP contribution in [0, 0.1) is 0 Å². The van der Waals surface area contributed by atoms with Gasteiger partial charge < -0.3 is 16.8 Å². The van der Waals surface area contributed by atoms with Crippen LogP contribution in [0.2, 0.25) is 0 Å². The normalized spacial score (nSPS) is 10.7. The largest absolute Gasteiger partial charge is 0.383 e. The van der Waals surface area contributed by atoms with Gasteiger partial charge in [-0.2, -0.15) is 0 Å². The zero-order valence-electron chi connectivity index (χ0n) is 14.7. The number of nitrogens with one attached hydrogen (secondary N) is 1. The number of carbonyl (C=O) groups excluding carboxylic acids is 2. The molecule has 0 saturated carbocycles. The molecule has 28 heavy (non-hydrogen) atoms. The van der Waals surface area contributed by atoms with Gasteiger partial charge in [0.05, 0.1) is 9.58 Å². The molecule has 0 radical (unpaired) electrons. The van der Waals surface area contributed by atoms with Crippen LogP contribution in [-0.4, -0.2) is 16.8 Å². The molecule has 2 amide bonds. The quantitative estimate of drug-likeness (QED) is 0.492. The monoisotopic (exact) mass is 388 g/mol. The summed E-state index contributed by atoms with van der Waals surface area (Å²) >= 11 is 1.22. The Bertz CT molecular complexity index is 1200. The maximum Gasteiger partial charge on any atom is 0.258 e. The van der Waals surface area contributed by atoms with E-state index in [0.29, 0.717) is 26.6 Å². The van der Waals surface area contributed by atoms with Gasteiger partial charge >= 0.3 is 0 Å². The topological polar surface area (TPSA) is 111 Å². The number of fused-ring (bicyclic) bond motifs is 1. The first kappa shape index (κ1) is 17.7. The van der Waals surface area contributed by atoms with Crippen molar-refractivity contribution in [2.45, 2.75) is 0 Å². The van der Waals surface area contributed by atoms with Crippen LogP contribution in [0.3, 0.4) is 0 Å². The van der Waals surface area contributed by atoms with Crippen LogP contribution >= 0.6 is 11.3 Å². The first-order chi connectivity index (χ1) is 13.5. The maximum atomic E-state index is 12.4. The van der Waals surface area contributed by atoms with E-state index in [1.54, 1.807) is 24.4 Å². The van der Waals surface area contributed by atoms with Gasteiger partial charge in [-0.05, 0) is 35.9 Å². The van der Waals surface area contributed by atoms with Crippen LogP contribution in [0.25, 0.3) is 21.2 Å². The molecular weight excluding hydrogens is 372 g/mol. The molecule has 0 atom stereocenters. The molecule has 4 rings (SSSR count). The molecule has 2 heterocycles. The summed E-state index contributed by atoms with van der Waals surface area (Å²) in [6.07, 6.45) is 1.66. The molecule has 2 aromatic carbocycles. The first-order valence-corrected chi connectivity index (χ1v) is 9.29. The molecule has 0 spiro atoms. The predicted molar refractivity (Wildman–Crippen MR) is 112 cm³/mol. The summed E-state index contributed by atoms with van der Waals surface area (Å²) in [6, 6.07) is 18.1. The molecule has 0 aliphatic heterocycles.